The Bertz CT molecular complexity index is 1010. The summed E-state index contributed by atoms with van der Waals surface area (Å²) in [5.41, 5.74) is 1.49. The van der Waals surface area contributed by atoms with E-state index in [1.165, 1.54) is 23.6 Å². The lowest BCUT2D eigenvalue weighted by Gasteiger charge is -2.26. The van der Waals surface area contributed by atoms with E-state index in [9.17, 15) is 13.2 Å². The Morgan fingerprint density at radius 3 is 2.67 bits per heavy atom. The Hall–Kier alpha value is -1.97. The number of aromatic nitrogens is 2. The van der Waals surface area contributed by atoms with E-state index in [1.807, 2.05) is 11.6 Å². The van der Waals surface area contributed by atoms with Crippen LogP contribution in [0.2, 0.25) is 0 Å². The van der Waals surface area contributed by atoms with Crippen molar-refractivity contribution in [1.82, 2.24) is 19.2 Å². The van der Waals surface area contributed by atoms with Crippen LogP contribution < -0.4 is 5.32 Å². The van der Waals surface area contributed by atoms with E-state index >= 15 is 0 Å². The Labute approximate surface area is 177 Å². The minimum absolute atomic E-state index is 0.0598. The zero-order valence-corrected chi connectivity index (χ0v) is 18.3. The molecular weight excluding hydrogens is 404 g/mol. The van der Waals surface area contributed by atoms with Gasteiger partial charge in [-0.15, -0.1) is 0 Å². The van der Waals surface area contributed by atoms with Crippen molar-refractivity contribution in [1.29, 1.82) is 0 Å². The molecule has 1 N–H and O–H groups in total. The number of ether oxygens (including phenoxy) is 1. The van der Waals surface area contributed by atoms with Gasteiger partial charge in [0, 0.05) is 39.0 Å². The molecule has 8 nitrogen and oxygen atoms in total. The molecule has 1 amide bonds. The molecule has 164 valence electrons. The first kappa shape index (κ1) is 21.3. The molecule has 2 fully saturated rings. The van der Waals surface area contributed by atoms with E-state index in [1.54, 1.807) is 18.2 Å². The maximum atomic E-state index is 12.9. The lowest BCUT2D eigenvalue weighted by atomic mass is 9.95. The lowest BCUT2D eigenvalue weighted by molar-refractivity contribution is -0.122. The summed E-state index contributed by atoms with van der Waals surface area (Å²) in [6.07, 6.45) is 6.67. The summed E-state index contributed by atoms with van der Waals surface area (Å²) in [5, 5.41) is 3.14. The molecule has 2 aliphatic rings. The minimum atomic E-state index is -3.56. The molecule has 1 aliphatic heterocycles. The third-order valence-electron chi connectivity index (χ3n) is 6.10. The number of benzene rings is 1. The van der Waals surface area contributed by atoms with Crippen LogP contribution >= 0.6 is 0 Å². The molecule has 2 heterocycles. The Kier molecular flexibility index (Phi) is 6.40. The minimum Gasteiger partial charge on any atom is -0.379 e. The summed E-state index contributed by atoms with van der Waals surface area (Å²) < 4.78 is 34.5. The quantitative estimate of drug-likeness (QED) is 0.750. The number of nitrogens with zero attached hydrogens (tertiary/aromatic N) is 3. The molecule has 0 atom stereocenters. The third-order valence-corrected chi connectivity index (χ3v) is 7.99. The van der Waals surface area contributed by atoms with Gasteiger partial charge in [0.2, 0.25) is 15.9 Å². The van der Waals surface area contributed by atoms with Crippen LogP contribution in [0.5, 0.6) is 0 Å². The lowest BCUT2D eigenvalue weighted by Crippen LogP contribution is -2.40. The topological polar surface area (TPSA) is 93.5 Å². The summed E-state index contributed by atoms with van der Waals surface area (Å²) in [5.74, 6) is 0.842. The van der Waals surface area contributed by atoms with Crippen molar-refractivity contribution in [3.63, 3.8) is 0 Å². The van der Waals surface area contributed by atoms with Gasteiger partial charge in [-0.05, 0) is 31.0 Å². The van der Waals surface area contributed by atoms with Gasteiger partial charge in [-0.2, -0.15) is 4.31 Å². The van der Waals surface area contributed by atoms with Crippen molar-refractivity contribution in [2.75, 3.05) is 26.3 Å². The molecule has 1 aromatic carbocycles. The molecule has 0 unspecified atom stereocenters. The predicted octanol–water partition coefficient (Wildman–Crippen LogP) is 1.98. The van der Waals surface area contributed by atoms with E-state index in [-0.39, 0.29) is 10.8 Å². The first-order valence-corrected chi connectivity index (χ1v) is 12.2. The van der Waals surface area contributed by atoms with Crippen molar-refractivity contribution >= 4 is 27.0 Å². The first-order chi connectivity index (χ1) is 14.4. The summed E-state index contributed by atoms with van der Waals surface area (Å²) in [4.78, 5) is 17.2. The van der Waals surface area contributed by atoms with E-state index in [0.717, 1.165) is 24.2 Å². The number of carbonyl (C=O) groups is 1. The highest BCUT2D eigenvalue weighted by atomic mass is 32.2. The monoisotopic (exact) mass is 434 g/mol. The summed E-state index contributed by atoms with van der Waals surface area (Å²) in [6.45, 7) is 1.56. The van der Waals surface area contributed by atoms with Gasteiger partial charge in [0.25, 0.3) is 0 Å². The van der Waals surface area contributed by atoms with Crippen molar-refractivity contribution < 1.29 is 17.9 Å². The zero-order chi connectivity index (χ0) is 21.1. The fourth-order valence-corrected chi connectivity index (χ4v) is 5.75. The van der Waals surface area contributed by atoms with Gasteiger partial charge < -0.3 is 14.6 Å². The highest BCUT2D eigenvalue weighted by molar-refractivity contribution is 7.89. The zero-order valence-electron chi connectivity index (χ0n) is 17.5. The van der Waals surface area contributed by atoms with Crippen LogP contribution in [-0.2, 0) is 33.0 Å². The molecule has 4 rings (SSSR count). The van der Waals surface area contributed by atoms with Crippen LogP contribution in [0, 0.1) is 0 Å². The number of aryl methyl sites for hydroxylation is 2. The van der Waals surface area contributed by atoms with Crippen LogP contribution in [0.1, 0.15) is 44.3 Å². The number of fused-ring (bicyclic) bond motifs is 1. The average Bonchev–Trinajstić information content (AvgIpc) is 3.08. The number of rotatable bonds is 6. The fourth-order valence-electron chi connectivity index (χ4n) is 4.32. The van der Waals surface area contributed by atoms with Gasteiger partial charge in [0.05, 0.1) is 29.1 Å². The highest BCUT2D eigenvalue weighted by Crippen LogP contribution is 2.23. The number of amides is 1. The maximum absolute atomic E-state index is 12.9. The summed E-state index contributed by atoms with van der Waals surface area (Å²) >= 11 is 0. The molecule has 0 radical (unpaired) electrons. The van der Waals surface area contributed by atoms with Gasteiger partial charge >= 0.3 is 0 Å². The van der Waals surface area contributed by atoms with Gasteiger partial charge in [0.1, 0.15) is 5.82 Å². The predicted molar refractivity (Wildman–Crippen MR) is 114 cm³/mol. The molecular formula is C21H30N4O4S. The molecule has 0 spiro atoms. The SMILES string of the molecule is Cn1c(CCC(=O)NC2CCCCC2)nc2cc(S(=O)(=O)N3CCOCC3)ccc21. The van der Waals surface area contributed by atoms with Crippen molar-refractivity contribution in [2.24, 2.45) is 7.05 Å². The Morgan fingerprint density at radius 2 is 1.93 bits per heavy atom. The second-order valence-electron chi connectivity index (χ2n) is 8.16. The average molecular weight is 435 g/mol. The standard InChI is InChI=1S/C21H30N4O4S/c1-24-19-8-7-17(30(27,28)25-11-13-29-14-12-25)15-18(19)23-20(24)9-10-21(26)22-16-5-3-2-4-6-16/h7-8,15-16H,2-6,9-14H2,1H3,(H,22,26). The first-order valence-electron chi connectivity index (χ1n) is 10.8. The van der Waals surface area contributed by atoms with Gasteiger partial charge in [0.15, 0.2) is 0 Å². The van der Waals surface area contributed by atoms with E-state index < -0.39 is 10.0 Å². The van der Waals surface area contributed by atoms with Gasteiger partial charge in [-0.25, -0.2) is 13.4 Å². The molecule has 2 aromatic rings. The summed E-state index contributed by atoms with van der Waals surface area (Å²) in [6, 6.07) is 5.36. The van der Waals surface area contributed by atoms with Crippen LogP contribution in [0.25, 0.3) is 11.0 Å². The molecule has 1 saturated heterocycles. The van der Waals surface area contributed by atoms with Crippen LogP contribution in [0.3, 0.4) is 0 Å². The van der Waals surface area contributed by atoms with Crippen LogP contribution in [-0.4, -0.2) is 60.5 Å². The van der Waals surface area contributed by atoms with Crippen molar-refractivity contribution in [2.45, 2.75) is 55.9 Å². The third kappa shape index (κ3) is 4.53. The van der Waals surface area contributed by atoms with Gasteiger partial charge in [-0.1, -0.05) is 19.3 Å². The Morgan fingerprint density at radius 1 is 1.20 bits per heavy atom. The second kappa shape index (κ2) is 9.03. The number of morpholine rings is 1. The maximum Gasteiger partial charge on any atom is 0.243 e. The molecule has 1 saturated carbocycles. The molecule has 30 heavy (non-hydrogen) atoms. The number of imidazole rings is 1. The van der Waals surface area contributed by atoms with Gasteiger partial charge in [-0.3, -0.25) is 4.79 Å². The highest BCUT2D eigenvalue weighted by Gasteiger charge is 2.27. The Balaban J connectivity index is 1.46. The second-order valence-corrected chi connectivity index (χ2v) is 10.1. The summed E-state index contributed by atoms with van der Waals surface area (Å²) in [7, 11) is -1.66. The molecule has 9 heteroatoms. The van der Waals surface area contributed by atoms with Crippen molar-refractivity contribution in [3.8, 4) is 0 Å². The smallest absolute Gasteiger partial charge is 0.243 e. The van der Waals surface area contributed by atoms with Crippen molar-refractivity contribution in [3.05, 3.63) is 24.0 Å². The number of sulfonamides is 1. The van der Waals surface area contributed by atoms with Crippen LogP contribution in [0.15, 0.2) is 23.1 Å². The molecule has 1 aromatic heterocycles. The van der Waals surface area contributed by atoms with E-state index in [4.69, 9.17) is 4.74 Å². The molecule has 0 bridgehead atoms. The van der Waals surface area contributed by atoms with E-state index in [2.05, 4.69) is 10.3 Å². The number of carbonyl (C=O) groups excluding carboxylic acids is 1. The van der Waals surface area contributed by atoms with E-state index in [0.29, 0.717) is 50.7 Å². The number of nitrogens with one attached hydrogen (secondary N) is 1. The largest absolute Gasteiger partial charge is 0.379 e. The molecule has 1 aliphatic carbocycles. The number of hydrogen-bond acceptors (Lipinski definition) is 5. The normalized spacial score (nSPS) is 19.2. The fraction of sp³-hybridized carbons (Fsp3) is 0.619. The number of hydrogen-bond donors (Lipinski definition) is 1. The van der Waals surface area contributed by atoms with Crippen LogP contribution in [0.4, 0.5) is 0 Å².